The van der Waals surface area contributed by atoms with Crippen LogP contribution in [0.3, 0.4) is 0 Å². The lowest BCUT2D eigenvalue weighted by molar-refractivity contribution is -0.113. The Hall–Kier alpha value is -1.59. The normalized spacial score (nSPS) is 23.6. The molecule has 1 aromatic heterocycles. The number of phosphoric ester groups is 1. The van der Waals surface area contributed by atoms with E-state index in [0.29, 0.717) is 5.56 Å². The van der Waals surface area contributed by atoms with Crippen molar-refractivity contribution in [3.8, 4) is 0 Å². The predicted octanol–water partition coefficient (Wildman–Crippen LogP) is -0.0265. The summed E-state index contributed by atoms with van der Waals surface area (Å²) in [5.41, 5.74) is 10.8. The number of aromatic nitrogens is 2. The maximum Gasteiger partial charge on any atom is 0.490 e. The lowest BCUT2D eigenvalue weighted by Crippen LogP contribution is -2.30. The van der Waals surface area contributed by atoms with Gasteiger partial charge in [-0.1, -0.05) is 18.2 Å². The number of ether oxygens (including phenoxy) is 3. The molecule has 8 N–H and O–H groups in total. The number of hydrogen-bond acceptors (Lipinski definition) is 13. The maximum atomic E-state index is 12.4. The molecule has 0 amide bonds. The minimum absolute atomic E-state index is 0.00653. The summed E-state index contributed by atoms with van der Waals surface area (Å²) in [6, 6.07) is 0. The molecule has 0 radical (unpaired) electrons. The molecule has 1 aliphatic rings. The molecule has 21 heteroatoms. The number of phosphoric acid groups is 3. The van der Waals surface area contributed by atoms with E-state index in [9.17, 15) is 28.3 Å². The highest BCUT2D eigenvalue weighted by Gasteiger charge is 2.43. The van der Waals surface area contributed by atoms with Gasteiger partial charge in [0.1, 0.15) is 24.9 Å². The van der Waals surface area contributed by atoms with Gasteiger partial charge in [-0.25, -0.2) is 18.5 Å². The SMILES string of the molecule is C=CCOCO[C@@H]1C[C@H](n2cc(/C=C/CN)c(N)nc2=O)O[C@@H]1COP(=O)(O)OP(=O)(O)OP(=O)(O)O. The van der Waals surface area contributed by atoms with Crippen LogP contribution in [0.25, 0.3) is 6.08 Å². The van der Waals surface area contributed by atoms with Crippen LogP contribution in [0.1, 0.15) is 18.2 Å². The topological polar surface area (TPSA) is 274 Å². The Morgan fingerprint density at radius 3 is 2.54 bits per heavy atom. The second kappa shape index (κ2) is 13.5. The molecule has 210 valence electrons. The fraction of sp³-hybridized carbons (Fsp3) is 0.500. The molecule has 1 fully saturated rings. The van der Waals surface area contributed by atoms with E-state index in [0.717, 1.165) is 4.57 Å². The fourth-order valence-electron chi connectivity index (χ4n) is 2.96. The van der Waals surface area contributed by atoms with Gasteiger partial charge in [0.25, 0.3) is 0 Å². The Bertz CT molecular complexity index is 1170. The van der Waals surface area contributed by atoms with Crippen molar-refractivity contribution in [3.63, 3.8) is 0 Å². The summed E-state index contributed by atoms with van der Waals surface area (Å²) in [6.07, 6.45) is 2.82. The Labute approximate surface area is 209 Å². The summed E-state index contributed by atoms with van der Waals surface area (Å²) in [7, 11) is -16.7. The summed E-state index contributed by atoms with van der Waals surface area (Å²) < 4.78 is 63.9. The van der Waals surface area contributed by atoms with Gasteiger partial charge in [0.15, 0.2) is 0 Å². The lowest BCUT2D eigenvalue weighted by atomic mass is 10.2. The van der Waals surface area contributed by atoms with Crippen molar-refractivity contribution in [1.82, 2.24) is 9.55 Å². The number of rotatable bonds is 15. The second-order valence-corrected chi connectivity index (χ2v) is 11.6. The number of nitrogens with zero attached hydrogens (tertiary/aromatic N) is 2. The third kappa shape index (κ3) is 10.6. The van der Waals surface area contributed by atoms with Crippen LogP contribution in [0.2, 0.25) is 0 Å². The first-order valence-electron chi connectivity index (χ1n) is 10.2. The predicted molar refractivity (Wildman–Crippen MR) is 125 cm³/mol. The summed E-state index contributed by atoms with van der Waals surface area (Å²) in [6.45, 7) is 2.75. The molecule has 0 aromatic carbocycles. The molecule has 0 aliphatic carbocycles. The number of anilines is 1. The first kappa shape index (κ1) is 31.6. The molecule has 2 rings (SSSR count). The molecular weight excluding hydrogens is 565 g/mol. The standard InChI is InChI=1S/C16H27N4O14P3/c1-2-6-29-10-30-12-7-14(20-8-11(4-3-5-17)15(18)19-16(20)21)32-13(12)9-31-36(25,26)34-37(27,28)33-35(22,23)24/h2-4,8,12-14H,1,5-7,9-10,17H2,(H,25,26)(H,27,28)(H2,18,19,21)(H2,22,23,24)/b4-3+/t12-,13-,14-/m1/s1. The zero-order chi connectivity index (χ0) is 27.9. The van der Waals surface area contributed by atoms with Crippen molar-refractivity contribution in [2.45, 2.75) is 24.9 Å². The molecule has 2 unspecified atom stereocenters. The van der Waals surface area contributed by atoms with Gasteiger partial charge in [0.05, 0.1) is 19.3 Å². The minimum atomic E-state index is -5.71. The first-order valence-corrected chi connectivity index (χ1v) is 14.7. The summed E-state index contributed by atoms with van der Waals surface area (Å²) in [4.78, 5) is 52.4. The monoisotopic (exact) mass is 592 g/mol. The minimum Gasteiger partial charge on any atom is -0.383 e. The Morgan fingerprint density at radius 1 is 1.22 bits per heavy atom. The first-order chi connectivity index (χ1) is 17.2. The quantitative estimate of drug-likeness (QED) is 0.0675. The van der Waals surface area contributed by atoms with Gasteiger partial charge in [-0.15, -0.1) is 6.58 Å². The van der Waals surface area contributed by atoms with Gasteiger partial charge >= 0.3 is 29.2 Å². The van der Waals surface area contributed by atoms with E-state index in [1.54, 1.807) is 6.08 Å². The summed E-state index contributed by atoms with van der Waals surface area (Å²) in [5, 5.41) is 0. The smallest absolute Gasteiger partial charge is 0.383 e. The van der Waals surface area contributed by atoms with Crippen molar-refractivity contribution in [2.75, 3.05) is 32.3 Å². The van der Waals surface area contributed by atoms with Crippen LogP contribution in [0.5, 0.6) is 0 Å². The average molecular weight is 592 g/mol. The highest BCUT2D eigenvalue weighted by Crippen LogP contribution is 2.66. The lowest BCUT2D eigenvalue weighted by Gasteiger charge is -2.21. The molecule has 5 atom stereocenters. The molecule has 1 saturated heterocycles. The fourth-order valence-corrected chi connectivity index (χ4v) is 5.99. The van der Waals surface area contributed by atoms with Crippen LogP contribution in [0.15, 0.2) is 29.7 Å². The van der Waals surface area contributed by atoms with Crippen LogP contribution in [0, 0.1) is 0 Å². The summed E-state index contributed by atoms with van der Waals surface area (Å²) >= 11 is 0. The third-order valence-electron chi connectivity index (χ3n) is 4.35. The number of nitrogens with two attached hydrogens (primary N) is 2. The molecule has 0 bridgehead atoms. The van der Waals surface area contributed by atoms with Gasteiger partial charge in [0.2, 0.25) is 0 Å². The molecule has 18 nitrogen and oxygen atoms in total. The Kier molecular flexibility index (Phi) is 11.5. The Balaban J connectivity index is 2.20. The van der Waals surface area contributed by atoms with Crippen molar-refractivity contribution in [2.24, 2.45) is 5.73 Å². The van der Waals surface area contributed by atoms with Crippen molar-refractivity contribution in [1.29, 1.82) is 0 Å². The van der Waals surface area contributed by atoms with Crippen LogP contribution in [-0.4, -0.2) is 67.9 Å². The second-order valence-electron chi connectivity index (χ2n) is 7.14. The molecular formula is C16H27N4O14P3. The van der Waals surface area contributed by atoms with Gasteiger partial charge in [-0.05, 0) is 0 Å². The molecule has 2 heterocycles. The van der Waals surface area contributed by atoms with E-state index in [-0.39, 0.29) is 32.2 Å². The number of nitrogen functional groups attached to an aromatic ring is 1. The number of hydrogen-bond donors (Lipinski definition) is 6. The van der Waals surface area contributed by atoms with Gasteiger partial charge < -0.3 is 45.3 Å². The van der Waals surface area contributed by atoms with Crippen LogP contribution in [-0.2, 0) is 41.1 Å². The highest BCUT2D eigenvalue weighted by molar-refractivity contribution is 7.66. The zero-order valence-electron chi connectivity index (χ0n) is 19.0. The maximum absolute atomic E-state index is 12.4. The van der Waals surface area contributed by atoms with Crippen molar-refractivity contribution >= 4 is 35.4 Å². The molecule has 0 spiro atoms. The van der Waals surface area contributed by atoms with E-state index in [2.05, 4.69) is 24.7 Å². The van der Waals surface area contributed by atoms with Crippen LogP contribution < -0.4 is 17.2 Å². The average Bonchev–Trinajstić information content (AvgIpc) is 3.15. The third-order valence-corrected chi connectivity index (χ3v) is 8.16. The molecule has 37 heavy (non-hydrogen) atoms. The van der Waals surface area contributed by atoms with Crippen molar-refractivity contribution in [3.05, 3.63) is 41.0 Å². The van der Waals surface area contributed by atoms with E-state index < -0.39 is 54.2 Å². The van der Waals surface area contributed by atoms with Gasteiger partial charge in [0, 0.05) is 24.7 Å². The Morgan fingerprint density at radius 2 is 1.92 bits per heavy atom. The van der Waals surface area contributed by atoms with Crippen molar-refractivity contribution < 1.29 is 60.6 Å². The van der Waals surface area contributed by atoms with Crippen LogP contribution in [0.4, 0.5) is 5.82 Å². The largest absolute Gasteiger partial charge is 0.490 e. The van der Waals surface area contributed by atoms with Gasteiger partial charge in [-0.2, -0.15) is 13.6 Å². The highest BCUT2D eigenvalue weighted by atomic mass is 31.3. The van der Waals surface area contributed by atoms with Crippen LogP contribution >= 0.6 is 23.5 Å². The molecule has 1 aromatic rings. The van der Waals surface area contributed by atoms with E-state index >= 15 is 0 Å². The van der Waals surface area contributed by atoms with E-state index in [1.165, 1.54) is 18.3 Å². The van der Waals surface area contributed by atoms with E-state index in [4.69, 9.17) is 35.5 Å². The van der Waals surface area contributed by atoms with Gasteiger partial charge in [-0.3, -0.25) is 9.09 Å². The molecule has 0 saturated carbocycles. The molecule has 1 aliphatic heterocycles. The summed E-state index contributed by atoms with van der Waals surface area (Å²) in [5.74, 6) is -0.0567. The zero-order valence-corrected chi connectivity index (χ0v) is 21.7. The van der Waals surface area contributed by atoms with E-state index in [1.807, 2.05) is 0 Å².